The molecule has 0 saturated heterocycles. The number of urea groups is 1. The second kappa shape index (κ2) is 11.6. The van der Waals surface area contributed by atoms with Gasteiger partial charge in [0.1, 0.15) is 6.04 Å². The predicted molar refractivity (Wildman–Crippen MR) is 114 cm³/mol. The number of hydrogen-bond acceptors (Lipinski definition) is 4. The summed E-state index contributed by atoms with van der Waals surface area (Å²) in [5.41, 5.74) is 1.56. The van der Waals surface area contributed by atoms with Crippen molar-refractivity contribution in [2.75, 3.05) is 7.11 Å². The summed E-state index contributed by atoms with van der Waals surface area (Å²) in [6, 6.07) is 16.1. The highest BCUT2D eigenvalue weighted by Crippen LogP contribution is 2.15. The van der Waals surface area contributed by atoms with Crippen molar-refractivity contribution in [2.45, 2.75) is 38.9 Å². The maximum atomic E-state index is 12.9. The van der Waals surface area contributed by atoms with Gasteiger partial charge in [-0.3, -0.25) is 4.79 Å². The molecule has 2 aromatic carbocycles. The van der Waals surface area contributed by atoms with Crippen molar-refractivity contribution >= 4 is 17.9 Å². The van der Waals surface area contributed by atoms with Crippen LogP contribution in [0.4, 0.5) is 4.79 Å². The minimum absolute atomic E-state index is 0.156. The molecule has 3 N–H and O–H groups in total. The van der Waals surface area contributed by atoms with Gasteiger partial charge in [-0.1, -0.05) is 74.5 Å². The number of carbonyl (C=O) groups is 3. The summed E-state index contributed by atoms with van der Waals surface area (Å²) in [6.45, 7) is 4.26. The van der Waals surface area contributed by atoms with Crippen LogP contribution in [0.25, 0.3) is 0 Å². The van der Waals surface area contributed by atoms with Gasteiger partial charge in [0.25, 0.3) is 0 Å². The van der Waals surface area contributed by atoms with E-state index in [4.69, 9.17) is 4.74 Å². The fourth-order valence-corrected chi connectivity index (χ4v) is 2.97. The second-order valence-electron chi connectivity index (χ2n) is 7.37. The Labute approximate surface area is 177 Å². The van der Waals surface area contributed by atoms with Gasteiger partial charge in [0.2, 0.25) is 5.91 Å². The molecular weight excluding hydrogens is 382 g/mol. The van der Waals surface area contributed by atoms with E-state index >= 15 is 0 Å². The van der Waals surface area contributed by atoms with Crippen molar-refractivity contribution in [1.29, 1.82) is 0 Å². The summed E-state index contributed by atoms with van der Waals surface area (Å²) in [5.74, 6) is -0.868. The first-order valence-electron chi connectivity index (χ1n) is 9.92. The van der Waals surface area contributed by atoms with Gasteiger partial charge in [0.15, 0.2) is 6.04 Å². The molecule has 0 aliphatic rings. The lowest BCUT2D eigenvalue weighted by Crippen LogP contribution is -2.51. The van der Waals surface area contributed by atoms with Crippen LogP contribution in [-0.2, 0) is 20.9 Å². The van der Waals surface area contributed by atoms with E-state index in [-0.39, 0.29) is 5.92 Å². The number of ether oxygens (including phenoxy) is 1. The maximum absolute atomic E-state index is 12.9. The van der Waals surface area contributed by atoms with Gasteiger partial charge in [0.05, 0.1) is 7.11 Å². The summed E-state index contributed by atoms with van der Waals surface area (Å²) in [7, 11) is 1.27. The largest absolute Gasteiger partial charge is 0.467 e. The number of methoxy groups -OCH3 is 1. The summed E-state index contributed by atoms with van der Waals surface area (Å²) in [5, 5.41) is 8.19. The van der Waals surface area contributed by atoms with E-state index in [1.807, 2.05) is 50.2 Å². The van der Waals surface area contributed by atoms with Crippen LogP contribution in [0.15, 0.2) is 60.7 Å². The van der Waals surface area contributed by atoms with E-state index in [0.29, 0.717) is 18.5 Å². The van der Waals surface area contributed by atoms with Gasteiger partial charge in [-0.05, 0) is 23.5 Å². The Hall–Kier alpha value is -3.35. The first-order chi connectivity index (χ1) is 14.4. The van der Waals surface area contributed by atoms with E-state index < -0.39 is 30.0 Å². The van der Waals surface area contributed by atoms with E-state index in [1.54, 1.807) is 24.3 Å². The molecule has 7 nitrogen and oxygen atoms in total. The van der Waals surface area contributed by atoms with Crippen LogP contribution in [0, 0.1) is 5.92 Å². The van der Waals surface area contributed by atoms with Crippen molar-refractivity contribution in [3.63, 3.8) is 0 Å². The van der Waals surface area contributed by atoms with E-state index in [0.717, 1.165) is 5.56 Å². The van der Waals surface area contributed by atoms with Crippen molar-refractivity contribution in [3.8, 4) is 0 Å². The van der Waals surface area contributed by atoms with Crippen molar-refractivity contribution in [2.24, 2.45) is 5.92 Å². The van der Waals surface area contributed by atoms with Crippen LogP contribution in [0.5, 0.6) is 0 Å². The molecule has 0 bridgehead atoms. The highest BCUT2D eigenvalue weighted by atomic mass is 16.5. The van der Waals surface area contributed by atoms with Crippen molar-refractivity contribution in [3.05, 3.63) is 71.8 Å². The standard InChI is InChI=1S/C23H29N3O4/c1-16(2)14-19(25-23(29)24-15-17-10-6-4-7-11-17)21(27)26-20(22(28)30-3)18-12-8-5-9-13-18/h4-13,16,19-20H,14-15H2,1-3H3,(H,26,27)(H2,24,25,29)/t19?,20-/m0/s1. The predicted octanol–water partition coefficient (Wildman–Crippen LogP) is 2.93. The molecule has 0 aliphatic carbocycles. The zero-order chi connectivity index (χ0) is 21.9. The molecule has 0 aromatic heterocycles. The number of hydrogen-bond donors (Lipinski definition) is 3. The quantitative estimate of drug-likeness (QED) is 0.553. The molecule has 160 valence electrons. The molecule has 0 spiro atoms. The first kappa shape index (κ1) is 22.9. The molecule has 0 aliphatic heterocycles. The average Bonchev–Trinajstić information content (AvgIpc) is 2.76. The highest BCUT2D eigenvalue weighted by Gasteiger charge is 2.28. The summed E-state index contributed by atoms with van der Waals surface area (Å²) in [6.07, 6.45) is 0.424. The minimum atomic E-state index is -0.951. The molecule has 2 atom stereocenters. The van der Waals surface area contributed by atoms with Gasteiger partial charge in [0, 0.05) is 6.54 Å². The zero-order valence-corrected chi connectivity index (χ0v) is 17.6. The smallest absolute Gasteiger partial charge is 0.333 e. The lowest BCUT2D eigenvalue weighted by molar-refractivity contribution is -0.145. The van der Waals surface area contributed by atoms with Crippen LogP contribution >= 0.6 is 0 Å². The maximum Gasteiger partial charge on any atom is 0.333 e. The van der Waals surface area contributed by atoms with E-state index in [2.05, 4.69) is 16.0 Å². The van der Waals surface area contributed by atoms with Crippen LogP contribution in [-0.4, -0.2) is 31.1 Å². The lowest BCUT2D eigenvalue weighted by Gasteiger charge is -2.23. The normalized spacial score (nSPS) is 12.5. The molecule has 3 amide bonds. The van der Waals surface area contributed by atoms with E-state index in [1.165, 1.54) is 7.11 Å². The number of carbonyl (C=O) groups excluding carboxylic acids is 3. The number of amides is 3. The van der Waals surface area contributed by atoms with E-state index in [9.17, 15) is 14.4 Å². The zero-order valence-electron chi connectivity index (χ0n) is 17.6. The van der Waals surface area contributed by atoms with Gasteiger partial charge in [-0.15, -0.1) is 0 Å². The average molecular weight is 412 g/mol. The summed E-state index contributed by atoms with van der Waals surface area (Å²) in [4.78, 5) is 37.5. The molecule has 0 fully saturated rings. The van der Waals surface area contributed by atoms with Gasteiger partial charge in [-0.25, -0.2) is 9.59 Å². The minimum Gasteiger partial charge on any atom is -0.467 e. The Morgan fingerprint density at radius 2 is 1.50 bits per heavy atom. The van der Waals surface area contributed by atoms with Crippen LogP contribution in [0.2, 0.25) is 0 Å². The first-order valence-corrected chi connectivity index (χ1v) is 9.92. The third kappa shape index (κ3) is 7.24. The molecular formula is C23H29N3O4. The number of rotatable bonds is 9. The molecule has 0 saturated carbocycles. The molecule has 2 rings (SSSR count). The molecule has 7 heteroatoms. The molecule has 0 radical (unpaired) electrons. The van der Waals surface area contributed by atoms with Crippen molar-refractivity contribution < 1.29 is 19.1 Å². The number of benzene rings is 2. The number of nitrogens with one attached hydrogen (secondary N) is 3. The van der Waals surface area contributed by atoms with Crippen LogP contribution < -0.4 is 16.0 Å². The lowest BCUT2D eigenvalue weighted by atomic mass is 10.0. The van der Waals surface area contributed by atoms with Gasteiger partial charge >= 0.3 is 12.0 Å². The highest BCUT2D eigenvalue weighted by molar-refractivity contribution is 5.90. The Balaban J connectivity index is 2.05. The monoisotopic (exact) mass is 411 g/mol. The second-order valence-corrected chi connectivity index (χ2v) is 7.37. The SMILES string of the molecule is COC(=O)[C@@H](NC(=O)C(CC(C)C)NC(=O)NCc1ccccc1)c1ccccc1. The number of esters is 1. The van der Waals surface area contributed by atoms with Gasteiger partial charge < -0.3 is 20.7 Å². The third-order valence-corrected chi connectivity index (χ3v) is 4.48. The Kier molecular flexibility index (Phi) is 8.87. The Morgan fingerprint density at radius 1 is 0.900 bits per heavy atom. The molecule has 2 aromatic rings. The third-order valence-electron chi connectivity index (χ3n) is 4.48. The van der Waals surface area contributed by atoms with Crippen molar-refractivity contribution in [1.82, 2.24) is 16.0 Å². The summed E-state index contributed by atoms with van der Waals surface area (Å²) < 4.78 is 4.84. The molecule has 1 unspecified atom stereocenters. The summed E-state index contributed by atoms with van der Waals surface area (Å²) >= 11 is 0. The Bertz CT molecular complexity index is 825. The fourth-order valence-electron chi connectivity index (χ4n) is 2.97. The molecule has 30 heavy (non-hydrogen) atoms. The topological polar surface area (TPSA) is 96.5 Å². The van der Waals surface area contributed by atoms with Crippen LogP contribution in [0.1, 0.15) is 37.4 Å². The molecule has 0 heterocycles. The van der Waals surface area contributed by atoms with Crippen LogP contribution in [0.3, 0.4) is 0 Å². The van der Waals surface area contributed by atoms with Gasteiger partial charge in [-0.2, -0.15) is 0 Å². The fraction of sp³-hybridized carbons (Fsp3) is 0.348. The Morgan fingerprint density at radius 3 is 2.07 bits per heavy atom.